The van der Waals surface area contributed by atoms with Gasteiger partial charge in [0.15, 0.2) is 0 Å². The van der Waals surface area contributed by atoms with E-state index in [4.69, 9.17) is 0 Å². The van der Waals surface area contributed by atoms with Crippen molar-refractivity contribution in [2.75, 3.05) is 7.05 Å². The Balaban J connectivity index is 1.53. The third kappa shape index (κ3) is 3.27. The average molecular weight is 395 g/mol. The zero-order valence-corrected chi connectivity index (χ0v) is 16.6. The van der Waals surface area contributed by atoms with E-state index in [2.05, 4.69) is 27.5 Å². The third-order valence-electron chi connectivity index (χ3n) is 5.26. The SMILES string of the molecule is CNCc1ccc2nc(Cn3ccc4c(-c5ccccc5)cncc4c3=O)cn2c1. The molecule has 148 valence electrons. The first kappa shape index (κ1) is 18.3. The van der Waals surface area contributed by atoms with Gasteiger partial charge in [-0.2, -0.15) is 0 Å². The summed E-state index contributed by atoms with van der Waals surface area (Å²) in [4.78, 5) is 22.1. The molecular formula is C24H21N5O. The monoisotopic (exact) mass is 395 g/mol. The second-order valence-corrected chi connectivity index (χ2v) is 7.33. The summed E-state index contributed by atoms with van der Waals surface area (Å²) in [5.41, 5.74) is 4.83. The van der Waals surface area contributed by atoms with Gasteiger partial charge in [-0.05, 0) is 35.7 Å². The first-order valence-electron chi connectivity index (χ1n) is 9.86. The number of hydrogen-bond acceptors (Lipinski definition) is 4. The molecule has 6 heteroatoms. The molecule has 0 spiro atoms. The topological polar surface area (TPSA) is 64.2 Å². The minimum absolute atomic E-state index is 0.0642. The van der Waals surface area contributed by atoms with E-state index in [1.54, 1.807) is 10.8 Å². The Morgan fingerprint density at radius 3 is 2.67 bits per heavy atom. The van der Waals surface area contributed by atoms with Crippen LogP contribution in [0.4, 0.5) is 0 Å². The van der Waals surface area contributed by atoms with Gasteiger partial charge in [0.25, 0.3) is 5.56 Å². The molecule has 6 nitrogen and oxygen atoms in total. The van der Waals surface area contributed by atoms with Gasteiger partial charge in [-0.3, -0.25) is 9.78 Å². The van der Waals surface area contributed by atoms with Crippen LogP contribution < -0.4 is 10.9 Å². The third-order valence-corrected chi connectivity index (χ3v) is 5.26. The number of fused-ring (bicyclic) bond motifs is 2. The van der Waals surface area contributed by atoms with Crippen LogP contribution in [-0.2, 0) is 13.1 Å². The van der Waals surface area contributed by atoms with E-state index in [1.165, 1.54) is 5.56 Å². The first-order valence-corrected chi connectivity index (χ1v) is 9.86. The van der Waals surface area contributed by atoms with Crippen molar-refractivity contribution in [1.29, 1.82) is 0 Å². The largest absolute Gasteiger partial charge is 0.316 e. The predicted molar refractivity (Wildman–Crippen MR) is 118 cm³/mol. The lowest BCUT2D eigenvalue weighted by atomic mass is 10.0. The van der Waals surface area contributed by atoms with Crippen LogP contribution in [0.15, 0.2) is 84.3 Å². The number of benzene rings is 1. The zero-order chi connectivity index (χ0) is 20.5. The van der Waals surface area contributed by atoms with Crippen molar-refractivity contribution in [3.63, 3.8) is 0 Å². The molecule has 30 heavy (non-hydrogen) atoms. The summed E-state index contributed by atoms with van der Waals surface area (Å²) >= 11 is 0. The molecule has 0 aliphatic heterocycles. The van der Waals surface area contributed by atoms with Crippen molar-refractivity contribution < 1.29 is 0 Å². The molecule has 0 unspecified atom stereocenters. The van der Waals surface area contributed by atoms with Gasteiger partial charge in [0.1, 0.15) is 5.65 Å². The Bertz CT molecular complexity index is 1400. The molecule has 0 fully saturated rings. The minimum atomic E-state index is -0.0642. The molecule has 0 amide bonds. The molecule has 0 saturated carbocycles. The Hall–Kier alpha value is -3.77. The van der Waals surface area contributed by atoms with Crippen molar-refractivity contribution in [2.45, 2.75) is 13.1 Å². The van der Waals surface area contributed by atoms with E-state index < -0.39 is 0 Å². The van der Waals surface area contributed by atoms with E-state index in [1.807, 2.05) is 72.5 Å². The number of pyridine rings is 3. The number of nitrogens with zero attached hydrogens (tertiary/aromatic N) is 4. The van der Waals surface area contributed by atoms with Crippen LogP contribution in [0.2, 0.25) is 0 Å². The lowest BCUT2D eigenvalue weighted by Gasteiger charge is -2.09. The summed E-state index contributed by atoms with van der Waals surface area (Å²) in [6, 6.07) is 16.0. The van der Waals surface area contributed by atoms with Gasteiger partial charge in [0.05, 0.1) is 17.6 Å². The van der Waals surface area contributed by atoms with Crippen LogP contribution in [0.5, 0.6) is 0 Å². The Morgan fingerprint density at radius 2 is 1.83 bits per heavy atom. The number of rotatable bonds is 5. The fourth-order valence-electron chi connectivity index (χ4n) is 3.83. The van der Waals surface area contributed by atoms with Crippen LogP contribution in [0.25, 0.3) is 27.5 Å². The van der Waals surface area contributed by atoms with E-state index in [9.17, 15) is 4.79 Å². The quantitative estimate of drug-likeness (QED) is 0.495. The molecular weight excluding hydrogens is 374 g/mol. The van der Waals surface area contributed by atoms with Crippen LogP contribution in [0, 0.1) is 0 Å². The highest BCUT2D eigenvalue weighted by molar-refractivity contribution is 5.95. The first-order chi connectivity index (χ1) is 14.7. The van der Waals surface area contributed by atoms with E-state index in [0.717, 1.165) is 34.4 Å². The predicted octanol–water partition coefficient (Wildman–Crippen LogP) is 3.48. The molecule has 4 heterocycles. The maximum absolute atomic E-state index is 13.2. The van der Waals surface area contributed by atoms with Gasteiger partial charge in [-0.15, -0.1) is 0 Å². The van der Waals surface area contributed by atoms with Crippen LogP contribution in [-0.4, -0.2) is 26.0 Å². The van der Waals surface area contributed by atoms with Crippen LogP contribution in [0.3, 0.4) is 0 Å². The summed E-state index contributed by atoms with van der Waals surface area (Å²) in [6.45, 7) is 1.21. The lowest BCUT2D eigenvalue weighted by Crippen LogP contribution is -2.20. The molecule has 4 aromatic heterocycles. The van der Waals surface area contributed by atoms with Crippen LogP contribution >= 0.6 is 0 Å². The maximum atomic E-state index is 13.2. The van der Waals surface area contributed by atoms with Gasteiger partial charge in [-0.25, -0.2) is 4.98 Å². The standard InChI is InChI=1S/C24H21N5O/c1-25-11-17-7-8-23-27-19(16-29(23)14-17)15-28-10-9-20-21(18-5-3-2-4-6-18)12-26-13-22(20)24(28)30/h2-10,12-14,16,25H,11,15H2,1H3. The van der Waals surface area contributed by atoms with Gasteiger partial charge in [0.2, 0.25) is 0 Å². The second-order valence-electron chi connectivity index (χ2n) is 7.33. The Labute approximate surface area is 173 Å². The molecule has 0 aliphatic rings. The summed E-state index contributed by atoms with van der Waals surface area (Å²) in [5, 5.41) is 4.67. The molecule has 5 rings (SSSR count). The number of hydrogen-bond donors (Lipinski definition) is 1. The minimum Gasteiger partial charge on any atom is -0.316 e. The van der Waals surface area contributed by atoms with Crippen LogP contribution in [0.1, 0.15) is 11.3 Å². The molecule has 0 saturated heterocycles. The van der Waals surface area contributed by atoms with E-state index in [-0.39, 0.29) is 5.56 Å². The fourth-order valence-corrected chi connectivity index (χ4v) is 3.83. The average Bonchev–Trinajstić information content (AvgIpc) is 3.18. The summed E-state index contributed by atoms with van der Waals surface area (Å²) < 4.78 is 3.69. The van der Waals surface area contributed by atoms with Crippen molar-refractivity contribution >= 4 is 16.4 Å². The summed E-state index contributed by atoms with van der Waals surface area (Å²) in [5.74, 6) is 0. The van der Waals surface area contributed by atoms with Gasteiger partial charge < -0.3 is 14.3 Å². The smallest absolute Gasteiger partial charge is 0.260 e. The molecule has 1 aromatic carbocycles. The Kier molecular flexibility index (Phi) is 4.61. The zero-order valence-electron chi connectivity index (χ0n) is 16.6. The van der Waals surface area contributed by atoms with Gasteiger partial charge in [0, 0.05) is 43.1 Å². The normalized spacial score (nSPS) is 11.4. The molecule has 0 radical (unpaired) electrons. The molecule has 0 bridgehead atoms. The Morgan fingerprint density at radius 1 is 0.967 bits per heavy atom. The van der Waals surface area contributed by atoms with Gasteiger partial charge in [-0.1, -0.05) is 36.4 Å². The number of aromatic nitrogens is 4. The van der Waals surface area contributed by atoms with E-state index in [0.29, 0.717) is 11.9 Å². The molecule has 5 aromatic rings. The molecule has 0 atom stereocenters. The number of imidazole rings is 1. The second kappa shape index (κ2) is 7.57. The highest BCUT2D eigenvalue weighted by Crippen LogP contribution is 2.25. The molecule has 0 aliphatic carbocycles. The van der Waals surface area contributed by atoms with E-state index >= 15 is 0 Å². The van der Waals surface area contributed by atoms with Crippen molar-refractivity contribution in [2.24, 2.45) is 0 Å². The summed E-state index contributed by atoms with van der Waals surface area (Å²) in [6.07, 6.45) is 9.33. The van der Waals surface area contributed by atoms with Crippen molar-refractivity contribution in [1.82, 2.24) is 24.3 Å². The van der Waals surface area contributed by atoms with Crippen molar-refractivity contribution in [3.05, 3.63) is 101 Å². The fraction of sp³-hybridized carbons (Fsp3) is 0.125. The highest BCUT2D eigenvalue weighted by Gasteiger charge is 2.10. The highest BCUT2D eigenvalue weighted by atomic mass is 16.1. The van der Waals surface area contributed by atoms with Crippen molar-refractivity contribution in [3.8, 4) is 11.1 Å². The van der Waals surface area contributed by atoms with Gasteiger partial charge >= 0.3 is 0 Å². The number of nitrogens with one attached hydrogen (secondary N) is 1. The molecule has 1 N–H and O–H groups in total. The maximum Gasteiger partial charge on any atom is 0.260 e. The summed E-state index contributed by atoms with van der Waals surface area (Å²) in [7, 11) is 1.92. The lowest BCUT2D eigenvalue weighted by molar-refractivity contribution is 0.752.